The summed E-state index contributed by atoms with van der Waals surface area (Å²) in [5.41, 5.74) is 2.40. The monoisotopic (exact) mass is 466 g/mol. The molecule has 1 aliphatic heterocycles. The molecule has 5 rings (SSSR count). The van der Waals surface area contributed by atoms with Gasteiger partial charge in [-0.1, -0.05) is 12.1 Å². The van der Waals surface area contributed by atoms with Crippen molar-refractivity contribution in [2.45, 2.75) is 45.1 Å². The zero-order chi connectivity index (χ0) is 22.8. The summed E-state index contributed by atoms with van der Waals surface area (Å²) < 4.78 is 5.22. The van der Waals surface area contributed by atoms with Gasteiger partial charge in [-0.2, -0.15) is 0 Å². The highest BCUT2D eigenvalue weighted by Crippen LogP contribution is 2.33. The highest BCUT2D eigenvalue weighted by atomic mass is 32.1. The minimum absolute atomic E-state index is 0.0472. The zero-order valence-electron chi connectivity index (χ0n) is 19.1. The topological polar surface area (TPSA) is 78.5 Å². The van der Waals surface area contributed by atoms with Crippen LogP contribution >= 0.6 is 11.3 Å². The Balaban J connectivity index is 1.15. The van der Waals surface area contributed by atoms with E-state index < -0.39 is 0 Å². The number of aromatic amines is 1. The van der Waals surface area contributed by atoms with Gasteiger partial charge in [0.25, 0.3) is 5.56 Å². The number of carbonyl (C=O) groups excluding carboxylic acids is 1. The number of benzene rings is 1. The molecule has 1 aliphatic carbocycles. The number of nitrogens with one attached hydrogen (secondary N) is 1. The first-order valence-corrected chi connectivity index (χ1v) is 12.6. The summed E-state index contributed by atoms with van der Waals surface area (Å²) in [6, 6.07) is 8.14. The summed E-state index contributed by atoms with van der Waals surface area (Å²) in [6.07, 6.45) is 5.20. The van der Waals surface area contributed by atoms with Crippen LogP contribution in [0, 0.1) is 0 Å². The van der Waals surface area contributed by atoms with Gasteiger partial charge in [0.2, 0.25) is 5.91 Å². The molecule has 3 aromatic rings. The van der Waals surface area contributed by atoms with E-state index in [2.05, 4.69) is 22.0 Å². The third-order valence-corrected chi connectivity index (χ3v) is 7.93. The number of piperazine rings is 1. The average Bonchev–Trinajstić information content (AvgIpc) is 3.22. The molecule has 33 heavy (non-hydrogen) atoms. The lowest BCUT2D eigenvalue weighted by molar-refractivity contribution is -0.133. The quantitative estimate of drug-likeness (QED) is 0.604. The summed E-state index contributed by atoms with van der Waals surface area (Å²) in [5.74, 6) is 1.62. The van der Waals surface area contributed by atoms with Crippen LogP contribution in [0.25, 0.3) is 10.2 Å². The highest BCUT2D eigenvalue weighted by molar-refractivity contribution is 7.18. The van der Waals surface area contributed by atoms with Crippen LogP contribution in [0.1, 0.15) is 41.1 Å². The van der Waals surface area contributed by atoms with Crippen LogP contribution in [-0.4, -0.2) is 59.0 Å². The number of methoxy groups -OCH3 is 1. The van der Waals surface area contributed by atoms with Crippen molar-refractivity contribution in [1.82, 2.24) is 19.8 Å². The van der Waals surface area contributed by atoms with Crippen molar-refractivity contribution in [3.05, 3.63) is 56.4 Å². The van der Waals surface area contributed by atoms with E-state index in [1.54, 1.807) is 18.4 Å². The molecule has 3 heterocycles. The molecule has 2 aliphatic rings. The van der Waals surface area contributed by atoms with Crippen LogP contribution < -0.4 is 10.3 Å². The molecule has 0 unspecified atom stereocenters. The Kier molecular flexibility index (Phi) is 6.46. The molecule has 0 saturated carbocycles. The summed E-state index contributed by atoms with van der Waals surface area (Å²) in [6.45, 7) is 4.06. The number of hydrogen-bond donors (Lipinski definition) is 1. The van der Waals surface area contributed by atoms with Gasteiger partial charge in [0.15, 0.2) is 0 Å². The van der Waals surface area contributed by atoms with E-state index in [1.807, 2.05) is 17.0 Å². The van der Waals surface area contributed by atoms with Crippen molar-refractivity contribution in [3.8, 4) is 5.75 Å². The molecule has 2 aromatic heterocycles. The highest BCUT2D eigenvalue weighted by Gasteiger charge is 2.22. The van der Waals surface area contributed by atoms with Crippen LogP contribution in [0.2, 0.25) is 0 Å². The number of rotatable bonds is 6. The molecule has 1 saturated heterocycles. The van der Waals surface area contributed by atoms with Gasteiger partial charge in [-0.05, 0) is 48.9 Å². The largest absolute Gasteiger partial charge is 0.497 e. The number of fused-ring (bicyclic) bond motifs is 3. The van der Waals surface area contributed by atoms with Crippen LogP contribution in [0.15, 0.2) is 29.1 Å². The van der Waals surface area contributed by atoms with E-state index in [9.17, 15) is 9.59 Å². The van der Waals surface area contributed by atoms with Gasteiger partial charge in [-0.15, -0.1) is 11.3 Å². The molecule has 1 aromatic carbocycles. The zero-order valence-corrected chi connectivity index (χ0v) is 19.9. The SMILES string of the molecule is COc1ccc(CN2CCN(C(=O)CCc3nc4sc5c(c4c(=O)[nH]3)CCCC5)CC2)cc1. The van der Waals surface area contributed by atoms with E-state index in [0.717, 1.165) is 68.0 Å². The van der Waals surface area contributed by atoms with Gasteiger partial charge < -0.3 is 14.6 Å². The first-order valence-electron chi connectivity index (χ1n) is 11.8. The first-order chi connectivity index (χ1) is 16.1. The third-order valence-electron chi connectivity index (χ3n) is 6.74. The standard InChI is InChI=1S/C25H30N4O3S/c1-32-18-8-6-17(7-9-18)16-28-12-14-29(15-13-28)22(30)11-10-21-26-24(31)23-19-4-2-3-5-20(19)33-25(23)27-21/h6-9H,2-5,10-16H2,1H3,(H,26,27,31). The molecular weight excluding hydrogens is 436 g/mol. The lowest BCUT2D eigenvalue weighted by Gasteiger charge is -2.34. The molecule has 0 bridgehead atoms. The van der Waals surface area contributed by atoms with Crippen molar-refractivity contribution in [2.75, 3.05) is 33.3 Å². The number of carbonyl (C=O) groups is 1. The summed E-state index contributed by atoms with van der Waals surface area (Å²) in [7, 11) is 1.67. The molecule has 0 atom stereocenters. The number of H-pyrrole nitrogens is 1. The fourth-order valence-corrected chi connectivity index (χ4v) is 6.14. The number of hydrogen-bond acceptors (Lipinski definition) is 6. The van der Waals surface area contributed by atoms with Crippen LogP contribution in [0.5, 0.6) is 5.75 Å². The van der Waals surface area contributed by atoms with Crippen LogP contribution in [0.4, 0.5) is 0 Å². The molecule has 8 heteroatoms. The van der Waals surface area contributed by atoms with Crippen molar-refractivity contribution < 1.29 is 9.53 Å². The second-order valence-electron chi connectivity index (χ2n) is 8.91. The van der Waals surface area contributed by atoms with Gasteiger partial charge in [-0.25, -0.2) is 4.98 Å². The maximum atomic E-state index is 12.8. The van der Waals surface area contributed by atoms with E-state index in [1.165, 1.54) is 22.4 Å². The van der Waals surface area contributed by atoms with E-state index in [0.29, 0.717) is 18.7 Å². The van der Waals surface area contributed by atoms with Crippen molar-refractivity contribution in [2.24, 2.45) is 0 Å². The van der Waals surface area contributed by atoms with Crippen LogP contribution in [0.3, 0.4) is 0 Å². The normalized spacial score (nSPS) is 16.7. The molecule has 0 radical (unpaired) electrons. The van der Waals surface area contributed by atoms with Gasteiger partial charge in [0.1, 0.15) is 16.4 Å². The number of aromatic nitrogens is 2. The Bertz CT molecular complexity index is 1190. The Hall–Kier alpha value is -2.71. The number of thiophene rings is 1. The summed E-state index contributed by atoms with van der Waals surface area (Å²) in [4.78, 5) is 39.6. The van der Waals surface area contributed by atoms with Crippen LogP contribution in [-0.2, 0) is 30.6 Å². The van der Waals surface area contributed by atoms with Gasteiger partial charge in [0, 0.05) is 50.4 Å². The number of nitrogens with zero attached hydrogens (tertiary/aromatic N) is 3. The number of ether oxygens (including phenoxy) is 1. The molecule has 7 nitrogen and oxygen atoms in total. The Morgan fingerprint density at radius 3 is 2.64 bits per heavy atom. The molecule has 0 spiro atoms. The third kappa shape index (κ3) is 4.82. The number of aryl methyl sites for hydroxylation is 3. The van der Waals surface area contributed by atoms with Gasteiger partial charge in [0.05, 0.1) is 12.5 Å². The fourth-order valence-electron chi connectivity index (χ4n) is 4.85. The van der Waals surface area contributed by atoms with E-state index >= 15 is 0 Å². The molecule has 1 fully saturated rings. The minimum atomic E-state index is -0.0472. The summed E-state index contributed by atoms with van der Waals surface area (Å²) >= 11 is 1.65. The predicted molar refractivity (Wildman–Crippen MR) is 130 cm³/mol. The lowest BCUT2D eigenvalue weighted by atomic mass is 9.97. The minimum Gasteiger partial charge on any atom is -0.497 e. The fraction of sp³-hybridized carbons (Fsp3) is 0.480. The summed E-state index contributed by atoms with van der Waals surface area (Å²) in [5, 5.41) is 0.776. The predicted octanol–water partition coefficient (Wildman–Crippen LogP) is 3.15. The van der Waals surface area contributed by atoms with E-state index in [-0.39, 0.29) is 11.5 Å². The van der Waals surface area contributed by atoms with Gasteiger partial charge >= 0.3 is 0 Å². The van der Waals surface area contributed by atoms with Crippen molar-refractivity contribution >= 4 is 27.5 Å². The number of amides is 1. The Morgan fingerprint density at radius 2 is 1.88 bits per heavy atom. The second kappa shape index (κ2) is 9.65. The maximum Gasteiger partial charge on any atom is 0.259 e. The van der Waals surface area contributed by atoms with Crippen molar-refractivity contribution in [1.29, 1.82) is 0 Å². The lowest BCUT2D eigenvalue weighted by Crippen LogP contribution is -2.48. The van der Waals surface area contributed by atoms with Crippen molar-refractivity contribution in [3.63, 3.8) is 0 Å². The Labute approximate surface area is 197 Å². The molecule has 1 N–H and O–H groups in total. The van der Waals surface area contributed by atoms with Gasteiger partial charge in [-0.3, -0.25) is 14.5 Å². The first kappa shape index (κ1) is 22.1. The molecule has 174 valence electrons. The maximum absolute atomic E-state index is 12.8. The second-order valence-corrected chi connectivity index (χ2v) is 9.99. The Morgan fingerprint density at radius 1 is 1.12 bits per heavy atom. The molecule has 1 amide bonds. The average molecular weight is 467 g/mol. The van der Waals surface area contributed by atoms with E-state index in [4.69, 9.17) is 9.72 Å². The molecular formula is C25H30N4O3S. The smallest absolute Gasteiger partial charge is 0.259 e.